The lowest BCUT2D eigenvalue weighted by molar-refractivity contribution is 0.0938. The van der Waals surface area contributed by atoms with Crippen LogP contribution < -0.4 is 54.0 Å². The molecule has 14 N–H and O–H groups in total. The lowest BCUT2D eigenvalue weighted by atomic mass is 10.2. The van der Waals surface area contributed by atoms with E-state index in [1.165, 1.54) is 85.3 Å². The van der Waals surface area contributed by atoms with Crippen LogP contribution >= 0.6 is 0 Å². The van der Waals surface area contributed by atoms with Gasteiger partial charge in [-0.25, -0.2) is 4.98 Å². The molecule has 0 saturated heterocycles. The number of rotatable bonds is 20. The molecule has 7 aromatic rings. The monoisotopic (exact) mass is 1040 g/mol. The Kier molecular flexibility index (Phi) is 15.8. The Hall–Kier alpha value is -10.5. The lowest BCUT2D eigenvalue weighted by Crippen LogP contribution is -2.28. The zero-order valence-corrected chi connectivity index (χ0v) is 42.0. The van der Waals surface area contributed by atoms with E-state index >= 15 is 0 Å². The van der Waals surface area contributed by atoms with Gasteiger partial charge in [0.25, 0.3) is 47.3 Å². The predicted molar refractivity (Wildman–Crippen MR) is 282 cm³/mol. The first-order valence-corrected chi connectivity index (χ1v) is 23.1. The summed E-state index contributed by atoms with van der Waals surface area (Å²) in [6, 6.07) is 13.1. The number of nitrogens with one attached hydrogen (secondary N) is 10. The maximum absolute atomic E-state index is 13.4. The maximum atomic E-state index is 13.4. The average molecular weight is 1040 g/mol. The van der Waals surface area contributed by atoms with Crippen LogP contribution in [0.3, 0.4) is 0 Å². The smallest absolute Gasteiger partial charge is 0.274 e. The van der Waals surface area contributed by atoms with Crippen molar-refractivity contribution in [3.8, 4) is 0 Å². The summed E-state index contributed by atoms with van der Waals surface area (Å²) in [6.07, 6.45) is 9.64. The van der Waals surface area contributed by atoms with Gasteiger partial charge in [-0.05, 0) is 48.5 Å². The van der Waals surface area contributed by atoms with Crippen LogP contribution in [0.5, 0.6) is 0 Å². The number of aryl methyl sites for hydroxylation is 6. The Balaban J connectivity index is 0.912. The highest BCUT2D eigenvalue weighted by atomic mass is 16.2. The van der Waals surface area contributed by atoms with Gasteiger partial charge in [0.15, 0.2) is 0 Å². The molecular formula is C49H55N19O8. The van der Waals surface area contributed by atoms with Crippen molar-refractivity contribution in [3.05, 3.63) is 137 Å². The molecule has 8 amide bonds. The van der Waals surface area contributed by atoms with Gasteiger partial charge in [-0.15, -0.1) is 0 Å². The molecule has 27 heteroatoms. The molecule has 7 heterocycles. The number of pyridine rings is 1. The van der Waals surface area contributed by atoms with Gasteiger partial charge in [0.05, 0.1) is 45.8 Å². The third-order valence-electron chi connectivity index (χ3n) is 11.5. The molecule has 0 saturated carbocycles. The molecule has 0 radical (unpaired) electrons. The Bertz CT molecular complexity index is 3270. The Morgan fingerprint density at radius 3 is 0.855 bits per heavy atom. The zero-order chi connectivity index (χ0) is 55.1. The van der Waals surface area contributed by atoms with E-state index in [2.05, 4.69) is 47.5 Å². The third-order valence-corrected chi connectivity index (χ3v) is 11.5. The molecule has 27 nitrogen and oxygen atoms in total. The molecule has 7 rings (SSSR count). The van der Waals surface area contributed by atoms with E-state index in [0.717, 1.165) is 0 Å². The van der Waals surface area contributed by atoms with Crippen molar-refractivity contribution in [3.63, 3.8) is 0 Å². The van der Waals surface area contributed by atoms with Gasteiger partial charge in [-0.3, -0.25) is 49.2 Å². The first kappa shape index (κ1) is 53.3. The second kappa shape index (κ2) is 22.5. The summed E-state index contributed by atoms with van der Waals surface area (Å²) >= 11 is 0. The third kappa shape index (κ3) is 12.8. The fourth-order valence-corrected chi connectivity index (χ4v) is 7.81. The lowest BCUT2D eigenvalue weighted by Gasteiger charge is -2.05. The minimum Gasteiger partial charge on any atom is -0.388 e. The van der Waals surface area contributed by atoms with Crippen LogP contribution in [-0.4, -0.2) is 104 Å². The van der Waals surface area contributed by atoms with E-state index in [1.807, 2.05) is 0 Å². The van der Waals surface area contributed by atoms with E-state index < -0.39 is 47.3 Å². The number of anilines is 6. The molecule has 0 aliphatic rings. The largest absolute Gasteiger partial charge is 0.388 e. The Labute approximate surface area is 433 Å². The number of carbonyl (C=O) groups is 8. The van der Waals surface area contributed by atoms with Crippen LogP contribution in [0.4, 0.5) is 34.1 Å². The normalized spacial score (nSPS) is 10.8. The van der Waals surface area contributed by atoms with Gasteiger partial charge in [0, 0.05) is 105 Å². The van der Waals surface area contributed by atoms with E-state index in [4.69, 9.17) is 22.3 Å². The van der Waals surface area contributed by atoms with Crippen molar-refractivity contribution in [2.45, 2.75) is 12.8 Å². The summed E-state index contributed by atoms with van der Waals surface area (Å²) in [6.45, 7) is 0.365. The topological polar surface area (TPSA) is 375 Å². The van der Waals surface area contributed by atoms with Crippen molar-refractivity contribution < 1.29 is 38.4 Å². The second-order valence-electron chi connectivity index (χ2n) is 17.5. The molecule has 394 valence electrons. The van der Waals surface area contributed by atoms with Crippen LogP contribution in [0.2, 0.25) is 0 Å². The summed E-state index contributed by atoms with van der Waals surface area (Å²) in [5.74, 6) is -4.40. The van der Waals surface area contributed by atoms with E-state index in [1.54, 1.807) is 76.2 Å². The van der Waals surface area contributed by atoms with Crippen molar-refractivity contribution in [1.29, 1.82) is 10.8 Å². The molecule has 0 unspecified atom stereocenters. The van der Waals surface area contributed by atoms with Crippen molar-refractivity contribution in [1.82, 2.24) is 43.0 Å². The number of aromatic nitrogens is 7. The number of nitrogens with zero attached hydrogens (tertiary/aromatic N) is 7. The molecule has 0 aromatic carbocycles. The molecule has 0 aliphatic carbocycles. The minimum atomic E-state index is -0.679. The number of amidine groups is 2. The molecule has 0 fully saturated rings. The number of carbonyl (C=O) groups excluding carboxylic acids is 8. The highest BCUT2D eigenvalue weighted by Gasteiger charge is 2.23. The molecule has 0 bridgehead atoms. The highest BCUT2D eigenvalue weighted by Crippen LogP contribution is 2.23. The van der Waals surface area contributed by atoms with E-state index in [9.17, 15) is 38.4 Å². The summed E-state index contributed by atoms with van der Waals surface area (Å²) in [5.41, 5.74) is 13.6. The Morgan fingerprint density at radius 2 is 0.618 bits per heavy atom. The number of hydrogen-bond acceptors (Lipinski definition) is 11. The number of amides is 8. The SMILES string of the molecule is Cn1cc(NC(=O)c2cc(NC(=O)c3cc(NC(=O)c4cccc(C(=O)Nc5cc(C(=O)Nc6cc(C(=O)Nc7cc(C(=O)NCCC(=N)N)n(C)c7)n(C)c6)n(C)c5)n4)cn3C)cn2C)cc1C(=O)NCCC(=N)N. The quantitative estimate of drug-likeness (QED) is 0.0389. The Morgan fingerprint density at radius 1 is 0.395 bits per heavy atom. The molecule has 0 aliphatic heterocycles. The van der Waals surface area contributed by atoms with Crippen LogP contribution in [0.25, 0.3) is 0 Å². The first-order valence-electron chi connectivity index (χ1n) is 23.1. The van der Waals surface area contributed by atoms with Gasteiger partial charge in [-0.1, -0.05) is 6.07 Å². The van der Waals surface area contributed by atoms with Gasteiger partial charge in [0.2, 0.25) is 0 Å². The van der Waals surface area contributed by atoms with Crippen LogP contribution in [-0.2, 0) is 42.3 Å². The van der Waals surface area contributed by atoms with Crippen LogP contribution in [0.1, 0.15) is 96.7 Å². The van der Waals surface area contributed by atoms with Crippen molar-refractivity contribution >= 4 is 93.1 Å². The second-order valence-corrected chi connectivity index (χ2v) is 17.5. The van der Waals surface area contributed by atoms with Crippen molar-refractivity contribution in [2.24, 2.45) is 53.8 Å². The van der Waals surface area contributed by atoms with Gasteiger partial charge in [-0.2, -0.15) is 0 Å². The zero-order valence-electron chi connectivity index (χ0n) is 42.0. The standard InChI is InChI=1S/C49H55N19O8/c1-63-22-28(14-34(63)44(71)54-12-10-40(50)51)58-48(75)38-18-30(24-67(38)5)60-46(73)36-16-26(20-65(36)3)56-42(69)32-8-7-9-33(62-32)43(70)57-27-17-37(66(4)21-27)47(74)61-31-19-39(68(6)25-31)49(76)59-29-15-35(64(2)23-29)45(72)55-13-11-41(52)53/h7-9,14-25H,10-13H2,1-6H3,(H3,50,51)(H3,52,53)(H,54,71)(H,55,72)(H,56,69)(H,57,70)(H,58,75)(H,59,76)(H,60,73)(H,61,74). The summed E-state index contributed by atoms with van der Waals surface area (Å²) in [5, 5.41) is 36.3. The number of nitrogens with two attached hydrogens (primary N) is 2. The number of hydrogen-bond donors (Lipinski definition) is 12. The molecular weight excluding hydrogens is 983 g/mol. The summed E-state index contributed by atoms with van der Waals surface area (Å²) in [7, 11) is 9.73. The average Bonchev–Trinajstić information content (AvgIpc) is 4.22. The molecule has 76 heavy (non-hydrogen) atoms. The van der Waals surface area contributed by atoms with Crippen LogP contribution in [0, 0.1) is 10.8 Å². The maximum Gasteiger partial charge on any atom is 0.274 e. The van der Waals surface area contributed by atoms with Gasteiger partial charge >= 0.3 is 0 Å². The summed E-state index contributed by atoms with van der Waals surface area (Å²) < 4.78 is 9.09. The predicted octanol–water partition coefficient (Wildman–Crippen LogP) is 2.74. The van der Waals surface area contributed by atoms with E-state index in [0.29, 0.717) is 22.7 Å². The molecule has 0 spiro atoms. The first-order chi connectivity index (χ1) is 36.0. The van der Waals surface area contributed by atoms with Crippen molar-refractivity contribution in [2.75, 3.05) is 45.0 Å². The fourth-order valence-electron chi connectivity index (χ4n) is 7.81. The molecule has 7 aromatic heterocycles. The fraction of sp³-hybridized carbons (Fsp3) is 0.204. The van der Waals surface area contributed by atoms with Gasteiger partial charge < -0.3 is 81.4 Å². The minimum absolute atomic E-state index is 0.0578. The summed E-state index contributed by atoms with van der Waals surface area (Å²) in [4.78, 5) is 110. The van der Waals surface area contributed by atoms with Crippen LogP contribution in [0.15, 0.2) is 91.8 Å². The molecule has 0 atom stereocenters. The van der Waals surface area contributed by atoms with Gasteiger partial charge in [0.1, 0.15) is 45.6 Å². The van der Waals surface area contributed by atoms with E-state index in [-0.39, 0.29) is 94.5 Å². The highest BCUT2D eigenvalue weighted by molar-refractivity contribution is 6.11.